The molecule has 0 aliphatic heterocycles. The maximum atomic E-state index is 12.2. The summed E-state index contributed by atoms with van der Waals surface area (Å²) in [5.41, 5.74) is 10.8. The summed E-state index contributed by atoms with van der Waals surface area (Å²) in [6, 6.07) is 13.6. The first-order valence-electron chi connectivity index (χ1n) is 6.89. The number of benzene rings is 2. The Morgan fingerprint density at radius 3 is 2.70 bits per heavy atom. The highest BCUT2D eigenvalue weighted by molar-refractivity contribution is 5.94. The Kier molecular flexibility index (Phi) is 3.18. The van der Waals surface area contributed by atoms with Crippen molar-refractivity contribution in [3.8, 4) is 0 Å². The fraction of sp³-hybridized carbons (Fsp3) is 0.235. The van der Waals surface area contributed by atoms with Crippen LogP contribution in [0, 0.1) is 6.92 Å². The predicted molar refractivity (Wildman–Crippen MR) is 80.6 cm³/mol. The molecule has 0 saturated carbocycles. The number of carbonyl (C=O) groups excluding carboxylic acids is 1. The molecule has 0 fully saturated rings. The molecule has 3 rings (SSSR count). The first kappa shape index (κ1) is 12.7. The van der Waals surface area contributed by atoms with E-state index in [4.69, 9.17) is 5.73 Å². The van der Waals surface area contributed by atoms with Crippen molar-refractivity contribution in [2.45, 2.75) is 25.8 Å². The van der Waals surface area contributed by atoms with Gasteiger partial charge in [-0.25, -0.2) is 0 Å². The Labute approximate surface area is 118 Å². The molecule has 1 aliphatic carbocycles. The number of nitrogens with one attached hydrogen (secondary N) is 1. The Morgan fingerprint density at radius 1 is 1.20 bits per heavy atom. The van der Waals surface area contributed by atoms with Crippen molar-refractivity contribution in [1.29, 1.82) is 0 Å². The molecule has 0 saturated heterocycles. The molecule has 102 valence electrons. The number of nitrogen functional groups attached to an aromatic ring is 1. The lowest BCUT2D eigenvalue weighted by molar-refractivity contribution is 0.0937. The van der Waals surface area contributed by atoms with Gasteiger partial charge in [0.1, 0.15) is 0 Å². The Morgan fingerprint density at radius 2 is 1.95 bits per heavy atom. The fourth-order valence-corrected chi connectivity index (χ4v) is 2.77. The third-order valence-corrected chi connectivity index (χ3v) is 3.85. The second kappa shape index (κ2) is 5.00. The predicted octanol–water partition coefficient (Wildman–Crippen LogP) is 2.99. The molecule has 1 atom stereocenters. The molecule has 0 aromatic heterocycles. The number of nitrogens with two attached hydrogens (primary N) is 1. The van der Waals surface area contributed by atoms with Crippen LogP contribution in [-0.2, 0) is 6.42 Å². The van der Waals surface area contributed by atoms with Crippen molar-refractivity contribution < 1.29 is 4.79 Å². The van der Waals surface area contributed by atoms with E-state index in [1.165, 1.54) is 16.7 Å². The second-order valence-electron chi connectivity index (χ2n) is 5.39. The highest BCUT2D eigenvalue weighted by Gasteiger charge is 2.24. The maximum absolute atomic E-state index is 12.2. The molecular weight excluding hydrogens is 248 g/mol. The molecule has 2 aromatic rings. The highest BCUT2D eigenvalue weighted by Crippen LogP contribution is 2.31. The van der Waals surface area contributed by atoms with Gasteiger partial charge in [0.05, 0.1) is 6.04 Å². The van der Waals surface area contributed by atoms with Gasteiger partial charge in [0.2, 0.25) is 0 Å². The minimum absolute atomic E-state index is 0.0385. The molecule has 0 bridgehead atoms. The average molecular weight is 266 g/mol. The van der Waals surface area contributed by atoms with Gasteiger partial charge in [0.25, 0.3) is 5.91 Å². The fourth-order valence-electron chi connectivity index (χ4n) is 2.77. The number of carbonyl (C=O) groups is 1. The third kappa shape index (κ3) is 2.39. The van der Waals surface area contributed by atoms with Crippen LogP contribution in [0.25, 0.3) is 0 Å². The smallest absolute Gasteiger partial charge is 0.251 e. The number of anilines is 1. The lowest BCUT2D eigenvalue weighted by Crippen LogP contribution is -2.27. The molecule has 3 heteroatoms. The second-order valence-corrected chi connectivity index (χ2v) is 5.39. The van der Waals surface area contributed by atoms with Crippen LogP contribution in [0.4, 0.5) is 5.69 Å². The summed E-state index contributed by atoms with van der Waals surface area (Å²) in [7, 11) is 0. The van der Waals surface area contributed by atoms with E-state index in [-0.39, 0.29) is 11.9 Å². The van der Waals surface area contributed by atoms with E-state index in [2.05, 4.69) is 30.4 Å². The first-order chi connectivity index (χ1) is 9.63. The Balaban J connectivity index is 1.77. The van der Waals surface area contributed by atoms with Gasteiger partial charge < -0.3 is 11.1 Å². The number of hydrogen-bond acceptors (Lipinski definition) is 2. The SMILES string of the molecule is Cc1ccc2c(c1)CC[C@H]2NC(=O)c1ccc(N)cc1. The lowest BCUT2D eigenvalue weighted by atomic mass is 10.1. The van der Waals surface area contributed by atoms with Crippen molar-refractivity contribution in [2.75, 3.05) is 5.73 Å². The first-order valence-corrected chi connectivity index (χ1v) is 6.89. The summed E-state index contributed by atoms with van der Waals surface area (Å²) in [5, 5.41) is 3.11. The van der Waals surface area contributed by atoms with Crippen molar-refractivity contribution >= 4 is 11.6 Å². The zero-order valence-electron chi connectivity index (χ0n) is 11.5. The van der Waals surface area contributed by atoms with E-state index in [0.717, 1.165) is 12.8 Å². The number of rotatable bonds is 2. The van der Waals surface area contributed by atoms with Crippen molar-refractivity contribution in [3.05, 3.63) is 64.7 Å². The summed E-state index contributed by atoms with van der Waals surface area (Å²) in [6.45, 7) is 2.10. The molecule has 1 aliphatic rings. The van der Waals surface area contributed by atoms with Crippen LogP contribution in [0.3, 0.4) is 0 Å². The monoisotopic (exact) mass is 266 g/mol. The number of hydrogen-bond donors (Lipinski definition) is 2. The van der Waals surface area contributed by atoms with Gasteiger partial charge >= 0.3 is 0 Å². The topological polar surface area (TPSA) is 55.1 Å². The standard InChI is InChI=1S/C17H18N2O/c1-11-2-8-15-13(10-11)5-9-16(15)19-17(20)12-3-6-14(18)7-4-12/h2-4,6-8,10,16H,5,9,18H2,1H3,(H,19,20)/t16-/m1/s1. The minimum Gasteiger partial charge on any atom is -0.399 e. The van der Waals surface area contributed by atoms with Crippen molar-refractivity contribution in [1.82, 2.24) is 5.32 Å². The van der Waals surface area contributed by atoms with E-state index in [0.29, 0.717) is 11.3 Å². The molecule has 0 unspecified atom stereocenters. The molecule has 0 spiro atoms. The Bertz CT molecular complexity index is 647. The average Bonchev–Trinajstić information content (AvgIpc) is 2.81. The molecule has 2 aromatic carbocycles. The molecule has 1 amide bonds. The van der Waals surface area contributed by atoms with Crippen LogP contribution in [0.15, 0.2) is 42.5 Å². The molecule has 20 heavy (non-hydrogen) atoms. The minimum atomic E-state index is -0.0385. The van der Waals surface area contributed by atoms with Crippen LogP contribution in [0.1, 0.15) is 39.5 Å². The van der Waals surface area contributed by atoms with Crippen LogP contribution < -0.4 is 11.1 Å². The largest absolute Gasteiger partial charge is 0.399 e. The molecule has 3 nitrogen and oxygen atoms in total. The number of fused-ring (bicyclic) bond motifs is 1. The van der Waals surface area contributed by atoms with Gasteiger partial charge in [-0.2, -0.15) is 0 Å². The van der Waals surface area contributed by atoms with Gasteiger partial charge in [-0.15, -0.1) is 0 Å². The van der Waals surface area contributed by atoms with E-state index in [1.807, 2.05) is 0 Å². The Hall–Kier alpha value is -2.29. The maximum Gasteiger partial charge on any atom is 0.251 e. The molecule has 3 N–H and O–H groups in total. The van der Waals surface area contributed by atoms with Gasteiger partial charge in [-0.05, 0) is 55.2 Å². The summed E-state index contributed by atoms with van der Waals surface area (Å²) in [4.78, 5) is 12.2. The van der Waals surface area contributed by atoms with Crippen LogP contribution >= 0.6 is 0 Å². The lowest BCUT2D eigenvalue weighted by Gasteiger charge is -2.14. The van der Waals surface area contributed by atoms with Crippen LogP contribution in [0.5, 0.6) is 0 Å². The summed E-state index contributed by atoms with van der Waals surface area (Å²) < 4.78 is 0. The van der Waals surface area contributed by atoms with Crippen LogP contribution in [-0.4, -0.2) is 5.91 Å². The van der Waals surface area contributed by atoms with Gasteiger partial charge in [0.15, 0.2) is 0 Å². The zero-order valence-corrected chi connectivity index (χ0v) is 11.5. The van der Waals surface area contributed by atoms with E-state index >= 15 is 0 Å². The summed E-state index contributed by atoms with van der Waals surface area (Å²) >= 11 is 0. The van der Waals surface area contributed by atoms with Gasteiger partial charge in [0, 0.05) is 11.3 Å². The van der Waals surface area contributed by atoms with Crippen molar-refractivity contribution in [3.63, 3.8) is 0 Å². The quantitative estimate of drug-likeness (QED) is 0.821. The molecule has 0 radical (unpaired) electrons. The highest BCUT2D eigenvalue weighted by atomic mass is 16.1. The normalized spacial score (nSPS) is 16.8. The number of aryl methyl sites for hydroxylation is 2. The molecule has 0 heterocycles. The van der Waals surface area contributed by atoms with Gasteiger partial charge in [-0.1, -0.05) is 23.8 Å². The summed E-state index contributed by atoms with van der Waals surface area (Å²) in [6.07, 6.45) is 2.00. The summed E-state index contributed by atoms with van der Waals surface area (Å²) in [5.74, 6) is -0.0385. The van der Waals surface area contributed by atoms with Crippen LogP contribution in [0.2, 0.25) is 0 Å². The van der Waals surface area contributed by atoms with E-state index in [1.54, 1.807) is 24.3 Å². The van der Waals surface area contributed by atoms with E-state index in [9.17, 15) is 4.79 Å². The number of amides is 1. The third-order valence-electron chi connectivity index (χ3n) is 3.85. The van der Waals surface area contributed by atoms with E-state index < -0.39 is 0 Å². The van der Waals surface area contributed by atoms with Gasteiger partial charge in [-0.3, -0.25) is 4.79 Å². The zero-order chi connectivity index (χ0) is 14.1. The molecular formula is C17H18N2O. The van der Waals surface area contributed by atoms with Crippen molar-refractivity contribution in [2.24, 2.45) is 0 Å².